The van der Waals surface area contributed by atoms with Crippen molar-refractivity contribution in [1.82, 2.24) is 0 Å². The predicted molar refractivity (Wildman–Crippen MR) is 61.9 cm³/mol. The highest BCUT2D eigenvalue weighted by atomic mass is 16.4. The summed E-state index contributed by atoms with van der Waals surface area (Å²) >= 11 is 0. The van der Waals surface area contributed by atoms with Gasteiger partial charge in [-0.2, -0.15) is 0 Å². The minimum absolute atomic E-state index is 0.229. The molecule has 1 N–H and O–H groups in total. The molecule has 0 radical (unpaired) electrons. The Morgan fingerprint density at radius 3 is 2.44 bits per heavy atom. The molecule has 0 aromatic heterocycles. The van der Waals surface area contributed by atoms with Gasteiger partial charge in [0.05, 0.1) is 0 Å². The van der Waals surface area contributed by atoms with Crippen LogP contribution in [0.2, 0.25) is 0 Å². The topological polar surface area (TPSA) is 37.3 Å². The molecule has 0 spiro atoms. The molecule has 4 bridgehead atoms. The van der Waals surface area contributed by atoms with Crippen molar-refractivity contribution in [2.45, 2.75) is 39.0 Å². The zero-order valence-corrected chi connectivity index (χ0v) is 9.86. The lowest BCUT2D eigenvalue weighted by atomic mass is 9.45. The van der Waals surface area contributed by atoms with E-state index in [0.717, 1.165) is 17.8 Å². The van der Waals surface area contributed by atoms with E-state index in [4.69, 9.17) is 5.11 Å². The Morgan fingerprint density at radius 1 is 1.25 bits per heavy atom. The summed E-state index contributed by atoms with van der Waals surface area (Å²) in [6.07, 6.45) is 10.1. The van der Waals surface area contributed by atoms with Crippen molar-refractivity contribution >= 4 is 5.97 Å². The molecule has 0 heterocycles. The van der Waals surface area contributed by atoms with Crippen molar-refractivity contribution in [3.8, 4) is 0 Å². The first-order valence-electron chi connectivity index (χ1n) is 6.51. The molecule has 0 aromatic rings. The molecule has 0 saturated heterocycles. The van der Waals surface area contributed by atoms with E-state index in [-0.39, 0.29) is 5.41 Å². The summed E-state index contributed by atoms with van der Waals surface area (Å²) in [5.74, 6) is 2.53. The summed E-state index contributed by atoms with van der Waals surface area (Å²) in [5, 5.41) is 8.81. The average Bonchev–Trinajstić information content (AvgIpc) is 2.22. The third kappa shape index (κ3) is 1.42. The fourth-order valence-corrected chi connectivity index (χ4v) is 4.88. The molecule has 0 aliphatic heterocycles. The highest BCUT2D eigenvalue weighted by Crippen LogP contribution is 2.63. The van der Waals surface area contributed by atoms with E-state index < -0.39 is 5.97 Å². The Labute approximate surface area is 96.7 Å². The highest BCUT2D eigenvalue weighted by molar-refractivity contribution is 5.79. The first-order valence-corrected chi connectivity index (χ1v) is 6.51. The number of rotatable bonds is 2. The lowest BCUT2D eigenvalue weighted by Gasteiger charge is -2.59. The Hall–Kier alpha value is -0.790. The van der Waals surface area contributed by atoms with Crippen LogP contribution >= 0.6 is 0 Å². The van der Waals surface area contributed by atoms with Crippen LogP contribution in [0, 0.1) is 29.1 Å². The third-order valence-corrected chi connectivity index (χ3v) is 5.45. The van der Waals surface area contributed by atoms with Gasteiger partial charge in [0.15, 0.2) is 0 Å². The second-order valence-electron chi connectivity index (χ2n) is 6.30. The van der Waals surface area contributed by atoms with E-state index in [1.165, 1.54) is 38.2 Å². The van der Waals surface area contributed by atoms with Gasteiger partial charge >= 0.3 is 5.97 Å². The van der Waals surface area contributed by atoms with Crippen LogP contribution in [0.3, 0.4) is 0 Å². The Bertz CT molecular complexity index is 331. The number of aliphatic carboxylic acids is 1. The first-order chi connectivity index (χ1) is 7.59. The summed E-state index contributed by atoms with van der Waals surface area (Å²) in [5.41, 5.74) is 0.229. The summed E-state index contributed by atoms with van der Waals surface area (Å²) in [4.78, 5) is 10.7. The van der Waals surface area contributed by atoms with Crippen molar-refractivity contribution in [2.24, 2.45) is 29.1 Å². The molecular formula is C14H20O2. The number of hydrogen-bond donors (Lipinski definition) is 1. The van der Waals surface area contributed by atoms with Crippen LogP contribution in [0.1, 0.15) is 39.0 Å². The maximum Gasteiger partial charge on any atom is 0.327 e. The average molecular weight is 220 g/mol. The van der Waals surface area contributed by atoms with Gasteiger partial charge in [-0.15, -0.1) is 0 Å². The van der Waals surface area contributed by atoms with Crippen molar-refractivity contribution < 1.29 is 9.90 Å². The zero-order valence-electron chi connectivity index (χ0n) is 9.86. The van der Waals surface area contributed by atoms with E-state index in [9.17, 15) is 4.79 Å². The molecule has 2 nitrogen and oxygen atoms in total. The predicted octanol–water partition coefficient (Wildman–Crippen LogP) is 3.09. The van der Waals surface area contributed by atoms with Crippen LogP contribution in [0.4, 0.5) is 0 Å². The SMILES string of the molecule is CC1C2CC3CC(C2)CC1(C=CC(=O)O)C3. The lowest BCUT2D eigenvalue weighted by molar-refractivity contribution is -0.131. The van der Waals surface area contributed by atoms with Gasteiger partial charge in [-0.1, -0.05) is 13.0 Å². The molecule has 4 aliphatic carbocycles. The van der Waals surface area contributed by atoms with Crippen LogP contribution in [0.5, 0.6) is 0 Å². The second-order valence-corrected chi connectivity index (χ2v) is 6.30. The lowest BCUT2D eigenvalue weighted by Crippen LogP contribution is -2.50. The molecule has 4 rings (SSSR count). The quantitative estimate of drug-likeness (QED) is 0.726. The second kappa shape index (κ2) is 3.35. The maximum atomic E-state index is 10.7. The normalized spacial score (nSPS) is 50.1. The van der Waals surface area contributed by atoms with Gasteiger partial charge in [0.1, 0.15) is 0 Å². The molecule has 4 aliphatic rings. The minimum Gasteiger partial charge on any atom is -0.478 e. The Morgan fingerprint density at radius 2 is 1.88 bits per heavy atom. The zero-order chi connectivity index (χ0) is 11.3. The Balaban J connectivity index is 1.90. The summed E-state index contributed by atoms with van der Waals surface area (Å²) in [6.45, 7) is 2.34. The smallest absolute Gasteiger partial charge is 0.327 e. The largest absolute Gasteiger partial charge is 0.478 e. The molecule has 4 saturated carbocycles. The number of allylic oxidation sites excluding steroid dienone is 1. The molecule has 0 aromatic carbocycles. The number of hydrogen-bond acceptors (Lipinski definition) is 1. The van der Waals surface area contributed by atoms with E-state index in [1.807, 2.05) is 6.08 Å². The monoisotopic (exact) mass is 220 g/mol. The van der Waals surface area contributed by atoms with Crippen molar-refractivity contribution in [3.63, 3.8) is 0 Å². The third-order valence-electron chi connectivity index (χ3n) is 5.45. The van der Waals surface area contributed by atoms with Crippen LogP contribution in [-0.4, -0.2) is 11.1 Å². The van der Waals surface area contributed by atoms with Gasteiger partial charge in [-0.25, -0.2) is 4.79 Å². The molecule has 88 valence electrons. The highest BCUT2D eigenvalue weighted by Gasteiger charge is 2.53. The molecule has 4 fully saturated rings. The summed E-state index contributed by atoms with van der Waals surface area (Å²) in [6, 6.07) is 0. The van der Waals surface area contributed by atoms with E-state index >= 15 is 0 Å². The fourth-order valence-electron chi connectivity index (χ4n) is 4.88. The van der Waals surface area contributed by atoms with Gasteiger partial charge in [-0.05, 0) is 61.2 Å². The van der Waals surface area contributed by atoms with Crippen molar-refractivity contribution in [2.75, 3.05) is 0 Å². The van der Waals surface area contributed by atoms with Crippen LogP contribution in [-0.2, 0) is 4.79 Å². The van der Waals surface area contributed by atoms with Crippen molar-refractivity contribution in [1.29, 1.82) is 0 Å². The number of carbonyl (C=O) groups is 1. The first kappa shape index (κ1) is 10.4. The van der Waals surface area contributed by atoms with Crippen LogP contribution in [0.15, 0.2) is 12.2 Å². The van der Waals surface area contributed by atoms with E-state index in [2.05, 4.69) is 6.92 Å². The summed E-state index contributed by atoms with van der Waals surface area (Å²) in [7, 11) is 0. The molecule has 3 atom stereocenters. The van der Waals surface area contributed by atoms with Gasteiger partial charge in [0, 0.05) is 6.08 Å². The standard InChI is InChI=1S/C14H20O2/c1-9-12-5-10-4-11(6-12)8-14(9,7-10)3-2-13(15)16/h2-3,9-12H,4-8H2,1H3,(H,15,16). The van der Waals surface area contributed by atoms with Gasteiger partial charge in [-0.3, -0.25) is 0 Å². The van der Waals surface area contributed by atoms with Gasteiger partial charge < -0.3 is 5.11 Å². The number of carboxylic acids is 1. The fraction of sp³-hybridized carbons (Fsp3) is 0.786. The minimum atomic E-state index is -0.789. The maximum absolute atomic E-state index is 10.7. The van der Waals surface area contributed by atoms with Gasteiger partial charge in [0.25, 0.3) is 0 Å². The van der Waals surface area contributed by atoms with E-state index in [0.29, 0.717) is 5.92 Å². The molecule has 0 amide bonds. The van der Waals surface area contributed by atoms with Crippen LogP contribution in [0.25, 0.3) is 0 Å². The van der Waals surface area contributed by atoms with Crippen molar-refractivity contribution in [3.05, 3.63) is 12.2 Å². The number of carboxylic acid groups (broad SMARTS) is 1. The molecule has 3 unspecified atom stereocenters. The molecule has 16 heavy (non-hydrogen) atoms. The van der Waals surface area contributed by atoms with Crippen LogP contribution < -0.4 is 0 Å². The summed E-state index contributed by atoms with van der Waals surface area (Å²) < 4.78 is 0. The van der Waals surface area contributed by atoms with Gasteiger partial charge in [0.2, 0.25) is 0 Å². The Kier molecular flexibility index (Phi) is 2.17. The molecular weight excluding hydrogens is 200 g/mol. The van der Waals surface area contributed by atoms with E-state index in [1.54, 1.807) is 0 Å². The molecule has 2 heteroatoms.